The fourth-order valence-corrected chi connectivity index (χ4v) is 1.67. The van der Waals surface area contributed by atoms with E-state index in [4.69, 9.17) is 9.47 Å². The second-order valence-electron chi connectivity index (χ2n) is 5.21. The van der Waals surface area contributed by atoms with Crippen molar-refractivity contribution in [3.05, 3.63) is 29.8 Å². The zero-order valence-electron chi connectivity index (χ0n) is 12.6. The van der Waals surface area contributed by atoms with Crippen molar-refractivity contribution < 1.29 is 14.3 Å². The van der Waals surface area contributed by atoms with E-state index in [9.17, 15) is 4.79 Å². The summed E-state index contributed by atoms with van der Waals surface area (Å²) in [6, 6.07) is 7.95. The Kier molecular flexibility index (Phi) is 7.73. The molecule has 0 aliphatic rings. The van der Waals surface area contributed by atoms with Gasteiger partial charge >= 0.3 is 5.97 Å². The van der Waals surface area contributed by atoms with Crippen molar-refractivity contribution in [1.82, 2.24) is 5.32 Å². The number of hydrogen-bond donors (Lipinski definition) is 1. The predicted octanol–water partition coefficient (Wildman–Crippen LogP) is 2.76. The Balaban J connectivity index is 2.08. The number of hydrogen-bond acceptors (Lipinski definition) is 4. The van der Waals surface area contributed by atoms with Crippen molar-refractivity contribution >= 4 is 5.97 Å². The second-order valence-corrected chi connectivity index (χ2v) is 5.21. The average Bonchev–Trinajstić information content (AvgIpc) is 2.45. The molecular weight excluding hydrogens is 254 g/mol. The Morgan fingerprint density at radius 3 is 2.55 bits per heavy atom. The molecule has 1 rings (SSSR count). The number of rotatable bonds is 9. The molecule has 0 aliphatic carbocycles. The summed E-state index contributed by atoms with van der Waals surface area (Å²) < 4.78 is 10.2. The molecule has 0 saturated heterocycles. The van der Waals surface area contributed by atoms with Crippen LogP contribution in [0.2, 0.25) is 0 Å². The van der Waals surface area contributed by atoms with Crippen molar-refractivity contribution in [2.24, 2.45) is 5.92 Å². The molecule has 0 fully saturated rings. The molecule has 0 saturated carbocycles. The summed E-state index contributed by atoms with van der Waals surface area (Å²) in [5, 5.41) is 3.31. The van der Waals surface area contributed by atoms with Gasteiger partial charge in [-0.3, -0.25) is 4.79 Å². The summed E-state index contributed by atoms with van der Waals surface area (Å²) >= 11 is 0. The molecule has 0 spiro atoms. The summed E-state index contributed by atoms with van der Waals surface area (Å²) in [6.07, 6.45) is 1.27. The van der Waals surface area contributed by atoms with Crippen LogP contribution >= 0.6 is 0 Å². The van der Waals surface area contributed by atoms with Gasteiger partial charge in [-0.1, -0.05) is 26.0 Å². The molecule has 0 aromatic heterocycles. The van der Waals surface area contributed by atoms with Crippen LogP contribution in [0.4, 0.5) is 0 Å². The predicted molar refractivity (Wildman–Crippen MR) is 79.7 cm³/mol. The van der Waals surface area contributed by atoms with E-state index in [0.717, 1.165) is 25.3 Å². The maximum Gasteiger partial charge on any atom is 0.305 e. The molecule has 1 aromatic rings. The summed E-state index contributed by atoms with van der Waals surface area (Å²) in [5.74, 6) is 1.15. The molecule has 0 unspecified atom stereocenters. The van der Waals surface area contributed by atoms with Crippen LogP contribution in [-0.4, -0.2) is 26.2 Å². The van der Waals surface area contributed by atoms with Crippen LogP contribution in [0, 0.1) is 5.92 Å². The fraction of sp³-hybridized carbons (Fsp3) is 0.562. The minimum Gasteiger partial charge on any atom is -0.497 e. The smallest absolute Gasteiger partial charge is 0.305 e. The van der Waals surface area contributed by atoms with E-state index in [0.29, 0.717) is 18.9 Å². The van der Waals surface area contributed by atoms with Gasteiger partial charge in [-0.2, -0.15) is 0 Å². The fourth-order valence-electron chi connectivity index (χ4n) is 1.67. The van der Waals surface area contributed by atoms with Crippen LogP contribution in [0.3, 0.4) is 0 Å². The Morgan fingerprint density at radius 1 is 1.25 bits per heavy atom. The van der Waals surface area contributed by atoms with Gasteiger partial charge in [0.05, 0.1) is 13.7 Å². The van der Waals surface area contributed by atoms with Gasteiger partial charge < -0.3 is 14.8 Å². The third kappa shape index (κ3) is 7.14. The molecular formula is C16H25NO3. The summed E-state index contributed by atoms with van der Waals surface area (Å²) in [7, 11) is 1.66. The van der Waals surface area contributed by atoms with E-state index in [2.05, 4.69) is 5.32 Å². The highest BCUT2D eigenvalue weighted by atomic mass is 16.5. The van der Waals surface area contributed by atoms with Gasteiger partial charge in [0.2, 0.25) is 0 Å². The number of carbonyl (C=O) groups is 1. The van der Waals surface area contributed by atoms with Gasteiger partial charge in [0.1, 0.15) is 5.75 Å². The quantitative estimate of drug-likeness (QED) is 0.558. The van der Waals surface area contributed by atoms with Gasteiger partial charge in [-0.05, 0) is 36.6 Å². The van der Waals surface area contributed by atoms with E-state index in [-0.39, 0.29) is 5.97 Å². The third-order valence-corrected chi connectivity index (χ3v) is 2.80. The molecule has 0 atom stereocenters. The highest BCUT2D eigenvalue weighted by Gasteiger charge is 2.03. The van der Waals surface area contributed by atoms with E-state index in [1.165, 1.54) is 5.56 Å². The monoisotopic (exact) mass is 279 g/mol. The first-order valence-corrected chi connectivity index (χ1v) is 7.11. The lowest BCUT2D eigenvalue weighted by atomic mass is 10.2. The molecule has 0 bridgehead atoms. The number of esters is 1. The van der Waals surface area contributed by atoms with Crippen molar-refractivity contribution in [3.8, 4) is 5.75 Å². The summed E-state index contributed by atoms with van der Waals surface area (Å²) in [4.78, 5) is 11.4. The highest BCUT2D eigenvalue weighted by molar-refractivity contribution is 5.69. The van der Waals surface area contributed by atoms with E-state index in [1.54, 1.807) is 7.11 Å². The number of benzene rings is 1. The number of ether oxygens (including phenoxy) is 2. The van der Waals surface area contributed by atoms with Gasteiger partial charge in [-0.15, -0.1) is 0 Å². The Labute approximate surface area is 121 Å². The molecule has 0 heterocycles. The summed E-state index contributed by atoms with van der Waals surface area (Å²) in [5.41, 5.74) is 1.20. The zero-order valence-corrected chi connectivity index (χ0v) is 12.6. The lowest BCUT2D eigenvalue weighted by molar-refractivity contribution is -0.144. The second kappa shape index (κ2) is 9.37. The largest absolute Gasteiger partial charge is 0.497 e. The lowest BCUT2D eigenvalue weighted by Gasteiger charge is -2.08. The first kappa shape index (κ1) is 16.5. The first-order valence-electron chi connectivity index (χ1n) is 7.11. The highest BCUT2D eigenvalue weighted by Crippen LogP contribution is 2.10. The zero-order chi connectivity index (χ0) is 14.8. The Bertz CT molecular complexity index is 387. The van der Waals surface area contributed by atoms with Gasteiger partial charge in [-0.25, -0.2) is 0 Å². The van der Waals surface area contributed by atoms with Crippen LogP contribution in [-0.2, 0) is 16.1 Å². The maximum absolute atomic E-state index is 11.4. The molecule has 20 heavy (non-hydrogen) atoms. The Morgan fingerprint density at radius 2 is 1.95 bits per heavy atom. The summed E-state index contributed by atoms with van der Waals surface area (Å²) in [6.45, 7) is 6.18. The minimum atomic E-state index is -0.107. The standard InChI is InChI=1S/C16H25NO3/c1-13(2)12-20-16(18)5-4-10-17-11-14-6-8-15(19-3)9-7-14/h6-9,13,17H,4-5,10-12H2,1-3H3. The molecule has 1 N–H and O–H groups in total. The molecule has 4 nitrogen and oxygen atoms in total. The molecule has 0 aliphatic heterocycles. The molecule has 112 valence electrons. The Hall–Kier alpha value is -1.55. The van der Waals surface area contributed by atoms with Crippen molar-refractivity contribution in [3.63, 3.8) is 0 Å². The molecule has 4 heteroatoms. The first-order chi connectivity index (χ1) is 9.61. The molecule has 0 radical (unpaired) electrons. The average molecular weight is 279 g/mol. The van der Waals surface area contributed by atoms with E-state index in [1.807, 2.05) is 38.1 Å². The lowest BCUT2D eigenvalue weighted by Crippen LogP contribution is -2.17. The van der Waals surface area contributed by atoms with Crippen LogP contribution < -0.4 is 10.1 Å². The number of methoxy groups -OCH3 is 1. The third-order valence-electron chi connectivity index (χ3n) is 2.80. The van der Waals surface area contributed by atoms with Crippen LogP contribution in [0.15, 0.2) is 24.3 Å². The van der Waals surface area contributed by atoms with Crippen molar-refractivity contribution in [1.29, 1.82) is 0 Å². The number of carbonyl (C=O) groups excluding carboxylic acids is 1. The SMILES string of the molecule is COc1ccc(CNCCCC(=O)OCC(C)C)cc1. The van der Waals surface area contributed by atoms with Gasteiger partial charge in [0.25, 0.3) is 0 Å². The number of nitrogens with one attached hydrogen (secondary N) is 1. The van der Waals surface area contributed by atoms with Crippen molar-refractivity contribution in [2.45, 2.75) is 33.2 Å². The van der Waals surface area contributed by atoms with E-state index >= 15 is 0 Å². The van der Waals surface area contributed by atoms with Crippen molar-refractivity contribution in [2.75, 3.05) is 20.3 Å². The van der Waals surface area contributed by atoms with Crippen LogP contribution in [0.1, 0.15) is 32.3 Å². The normalized spacial score (nSPS) is 10.6. The van der Waals surface area contributed by atoms with Crippen LogP contribution in [0.25, 0.3) is 0 Å². The minimum absolute atomic E-state index is 0.107. The van der Waals surface area contributed by atoms with E-state index < -0.39 is 0 Å². The van der Waals surface area contributed by atoms with Crippen LogP contribution in [0.5, 0.6) is 5.75 Å². The van der Waals surface area contributed by atoms with Gasteiger partial charge in [0.15, 0.2) is 0 Å². The topological polar surface area (TPSA) is 47.6 Å². The maximum atomic E-state index is 11.4. The molecule has 0 amide bonds. The van der Waals surface area contributed by atoms with Gasteiger partial charge in [0, 0.05) is 13.0 Å². The molecule has 1 aromatic carbocycles.